The molecule has 0 saturated carbocycles. The number of aryl methyl sites for hydroxylation is 1. The van der Waals surface area contributed by atoms with Gasteiger partial charge >= 0.3 is 0 Å². The van der Waals surface area contributed by atoms with Crippen molar-refractivity contribution in [2.75, 3.05) is 11.9 Å². The van der Waals surface area contributed by atoms with Crippen molar-refractivity contribution < 1.29 is 9.57 Å². The SMILES string of the molecule is Cc1cn(COCC[Si](C)(C)C)nc1/C(=N/OCc1csc(NC(C)C)n1)c1ccccc1. The first-order valence-corrected chi connectivity index (χ1v) is 15.9. The predicted octanol–water partition coefficient (Wildman–Crippen LogP) is 5.75. The number of benzene rings is 1. The van der Waals surface area contributed by atoms with Gasteiger partial charge in [-0.05, 0) is 32.4 Å². The first-order chi connectivity index (χ1) is 15.7. The molecule has 0 fully saturated rings. The molecule has 3 rings (SSSR count). The summed E-state index contributed by atoms with van der Waals surface area (Å²) in [7, 11) is -1.11. The molecule has 0 spiro atoms. The van der Waals surface area contributed by atoms with Crippen molar-refractivity contribution in [3.8, 4) is 0 Å². The highest BCUT2D eigenvalue weighted by Crippen LogP contribution is 2.18. The van der Waals surface area contributed by atoms with Crippen LogP contribution >= 0.6 is 11.3 Å². The van der Waals surface area contributed by atoms with Gasteiger partial charge in [0.05, 0.1) is 5.69 Å². The number of ether oxygens (including phenoxy) is 1. The zero-order valence-electron chi connectivity index (χ0n) is 20.5. The maximum absolute atomic E-state index is 5.87. The Kier molecular flexibility index (Phi) is 8.82. The molecule has 7 nitrogen and oxygen atoms in total. The Bertz CT molecular complexity index is 1040. The Labute approximate surface area is 201 Å². The van der Waals surface area contributed by atoms with E-state index in [1.54, 1.807) is 11.3 Å². The van der Waals surface area contributed by atoms with E-state index >= 15 is 0 Å². The van der Waals surface area contributed by atoms with Gasteiger partial charge in [-0.15, -0.1) is 11.3 Å². The third kappa shape index (κ3) is 8.10. The normalized spacial score (nSPS) is 12.4. The zero-order chi connectivity index (χ0) is 23.8. The third-order valence-electron chi connectivity index (χ3n) is 4.77. The first kappa shape index (κ1) is 25.1. The molecule has 33 heavy (non-hydrogen) atoms. The lowest BCUT2D eigenvalue weighted by Crippen LogP contribution is -2.22. The Hall–Kier alpha value is -2.49. The number of nitrogens with zero attached hydrogens (tertiary/aromatic N) is 4. The van der Waals surface area contributed by atoms with Crippen LogP contribution in [-0.2, 0) is 22.9 Å². The van der Waals surface area contributed by atoms with Gasteiger partial charge in [0.1, 0.15) is 18.1 Å². The number of anilines is 1. The predicted molar refractivity (Wildman–Crippen MR) is 139 cm³/mol. The highest BCUT2D eigenvalue weighted by atomic mass is 32.1. The van der Waals surface area contributed by atoms with Crippen molar-refractivity contribution in [1.29, 1.82) is 0 Å². The van der Waals surface area contributed by atoms with E-state index in [-0.39, 0.29) is 0 Å². The number of hydrogen-bond donors (Lipinski definition) is 1. The summed E-state index contributed by atoms with van der Waals surface area (Å²) in [5.74, 6) is 0. The molecule has 0 saturated heterocycles. The number of thiazole rings is 1. The minimum Gasteiger partial charge on any atom is -0.389 e. The fourth-order valence-electron chi connectivity index (χ4n) is 3.04. The van der Waals surface area contributed by atoms with Crippen LogP contribution in [0.2, 0.25) is 25.7 Å². The molecule has 0 radical (unpaired) electrons. The van der Waals surface area contributed by atoms with E-state index in [1.165, 1.54) is 0 Å². The lowest BCUT2D eigenvalue weighted by molar-refractivity contribution is 0.0784. The average molecular weight is 486 g/mol. The van der Waals surface area contributed by atoms with Crippen LogP contribution in [0.15, 0.2) is 47.1 Å². The van der Waals surface area contributed by atoms with Gasteiger partial charge in [-0.1, -0.05) is 55.1 Å². The Morgan fingerprint density at radius 3 is 2.67 bits per heavy atom. The second-order valence-electron chi connectivity index (χ2n) is 9.57. The molecular weight excluding hydrogens is 450 g/mol. The van der Waals surface area contributed by atoms with Crippen molar-refractivity contribution in [1.82, 2.24) is 14.8 Å². The van der Waals surface area contributed by atoms with Gasteiger partial charge in [0.2, 0.25) is 0 Å². The minimum absolute atomic E-state index is 0.298. The second kappa shape index (κ2) is 11.6. The van der Waals surface area contributed by atoms with Crippen LogP contribution in [0.4, 0.5) is 5.13 Å². The van der Waals surface area contributed by atoms with E-state index in [0.717, 1.165) is 40.3 Å². The molecule has 0 unspecified atom stereocenters. The number of oxime groups is 1. The molecule has 0 aliphatic rings. The van der Waals surface area contributed by atoms with E-state index in [2.05, 4.69) is 48.9 Å². The average Bonchev–Trinajstić information content (AvgIpc) is 3.34. The molecule has 9 heteroatoms. The first-order valence-electron chi connectivity index (χ1n) is 11.3. The van der Waals surface area contributed by atoms with Crippen molar-refractivity contribution in [2.45, 2.75) is 65.8 Å². The summed E-state index contributed by atoms with van der Waals surface area (Å²) in [6.45, 7) is 14.7. The smallest absolute Gasteiger partial charge is 0.183 e. The van der Waals surface area contributed by atoms with E-state index in [9.17, 15) is 0 Å². The fourth-order valence-corrected chi connectivity index (χ4v) is 4.63. The number of nitrogens with one attached hydrogen (secondary N) is 1. The van der Waals surface area contributed by atoms with Crippen molar-refractivity contribution in [2.24, 2.45) is 5.16 Å². The molecule has 0 amide bonds. The monoisotopic (exact) mass is 485 g/mol. The number of hydrogen-bond acceptors (Lipinski definition) is 7. The van der Waals surface area contributed by atoms with Crippen LogP contribution in [0, 0.1) is 6.92 Å². The lowest BCUT2D eigenvalue weighted by Gasteiger charge is -2.15. The number of rotatable bonds is 12. The summed E-state index contributed by atoms with van der Waals surface area (Å²) in [4.78, 5) is 10.3. The molecule has 1 N–H and O–H groups in total. The molecule has 0 aliphatic carbocycles. The van der Waals surface area contributed by atoms with Crippen molar-refractivity contribution in [3.05, 3.63) is 64.4 Å². The quantitative estimate of drug-likeness (QED) is 0.153. The molecule has 0 bridgehead atoms. The lowest BCUT2D eigenvalue weighted by atomic mass is 10.1. The van der Waals surface area contributed by atoms with Crippen LogP contribution in [0.1, 0.15) is 36.4 Å². The third-order valence-corrected chi connectivity index (χ3v) is 7.29. The summed E-state index contributed by atoms with van der Waals surface area (Å²) < 4.78 is 7.70. The standard InChI is InChI=1S/C24H35N5O2SSi/c1-18(2)25-24-26-21(16-32-24)15-31-28-23(20-10-8-7-9-11-20)22-19(3)14-29(27-22)17-30-12-13-33(4,5)6/h7-11,14,16,18H,12-13,15,17H2,1-6H3,(H,25,26)/b28-23+. The molecular formula is C24H35N5O2SSi. The highest BCUT2D eigenvalue weighted by molar-refractivity contribution is 7.13. The zero-order valence-corrected chi connectivity index (χ0v) is 22.3. The second-order valence-corrected chi connectivity index (χ2v) is 16.1. The van der Waals surface area contributed by atoms with Crippen LogP contribution in [0.3, 0.4) is 0 Å². The van der Waals surface area contributed by atoms with E-state index in [4.69, 9.17) is 14.7 Å². The summed E-state index contributed by atoms with van der Waals surface area (Å²) in [6.07, 6.45) is 1.99. The van der Waals surface area contributed by atoms with Gasteiger partial charge < -0.3 is 14.9 Å². The molecule has 3 aromatic rings. The van der Waals surface area contributed by atoms with E-state index in [0.29, 0.717) is 25.1 Å². The fraction of sp³-hybridized carbons (Fsp3) is 0.458. The Balaban J connectivity index is 1.72. The molecule has 0 atom stereocenters. The largest absolute Gasteiger partial charge is 0.389 e. The molecule has 2 heterocycles. The summed E-state index contributed by atoms with van der Waals surface area (Å²) in [5.41, 5.74) is 4.30. The molecule has 2 aromatic heterocycles. The Morgan fingerprint density at radius 1 is 1.21 bits per heavy atom. The van der Waals surface area contributed by atoms with Gasteiger partial charge in [0.15, 0.2) is 11.7 Å². The molecule has 178 valence electrons. The maximum atomic E-state index is 5.87. The van der Waals surface area contributed by atoms with Crippen LogP contribution < -0.4 is 5.32 Å². The topological polar surface area (TPSA) is 73.6 Å². The van der Waals surface area contributed by atoms with Gasteiger partial charge in [-0.2, -0.15) is 5.10 Å². The van der Waals surface area contributed by atoms with Gasteiger partial charge in [0, 0.05) is 37.9 Å². The summed E-state index contributed by atoms with van der Waals surface area (Å²) >= 11 is 1.57. The van der Waals surface area contributed by atoms with E-state index < -0.39 is 8.07 Å². The van der Waals surface area contributed by atoms with Crippen LogP contribution in [0.25, 0.3) is 0 Å². The number of aromatic nitrogens is 3. The van der Waals surface area contributed by atoms with Gasteiger partial charge in [0.25, 0.3) is 0 Å². The van der Waals surface area contributed by atoms with Gasteiger partial charge in [-0.3, -0.25) is 0 Å². The van der Waals surface area contributed by atoms with Gasteiger partial charge in [-0.25, -0.2) is 9.67 Å². The maximum Gasteiger partial charge on any atom is 0.183 e. The molecule has 0 aliphatic heterocycles. The Morgan fingerprint density at radius 2 is 1.97 bits per heavy atom. The highest BCUT2D eigenvalue weighted by Gasteiger charge is 2.16. The van der Waals surface area contributed by atoms with Crippen molar-refractivity contribution in [3.63, 3.8) is 0 Å². The van der Waals surface area contributed by atoms with Crippen molar-refractivity contribution >= 4 is 30.3 Å². The minimum atomic E-state index is -1.11. The molecule has 1 aromatic carbocycles. The summed E-state index contributed by atoms with van der Waals surface area (Å²) in [6, 6.07) is 11.5. The van der Waals surface area contributed by atoms with E-state index in [1.807, 2.05) is 53.5 Å². The van der Waals surface area contributed by atoms with Crippen LogP contribution in [0.5, 0.6) is 0 Å². The van der Waals surface area contributed by atoms with Crippen LogP contribution in [-0.4, -0.2) is 41.2 Å². The summed E-state index contributed by atoms with van der Waals surface area (Å²) in [5, 5.41) is 15.4.